The molecule has 0 saturated heterocycles. The fourth-order valence-electron chi connectivity index (χ4n) is 2.89. The van der Waals surface area contributed by atoms with Gasteiger partial charge in [0.05, 0.1) is 30.3 Å². The Morgan fingerprint density at radius 3 is 2.12 bits per heavy atom. The first kappa shape index (κ1) is 23.1. The standard InChI is InChI=1S/C22H20N4O7/c1-12-5-6-17(7-13(12)2)33-20-18(26(29)30)19(23-11-24-20)25-16-9-14(21(27)31-3)8-15(10-16)22(28)32-4/h5-11H,1-4H3,(H,23,24,25). The Kier molecular flexibility index (Phi) is 6.82. The fraction of sp³-hybridized carbons (Fsp3) is 0.182. The number of nitrogens with zero attached hydrogens (tertiary/aromatic N) is 3. The average molecular weight is 452 g/mol. The molecule has 0 spiro atoms. The van der Waals surface area contributed by atoms with Gasteiger partial charge in [0.2, 0.25) is 5.82 Å². The van der Waals surface area contributed by atoms with Gasteiger partial charge in [0.25, 0.3) is 0 Å². The van der Waals surface area contributed by atoms with Crippen molar-refractivity contribution in [2.24, 2.45) is 0 Å². The highest BCUT2D eigenvalue weighted by Gasteiger charge is 2.26. The van der Waals surface area contributed by atoms with Crippen LogP contribution < -0.4 is 10.1 Å². The zero-order chi connectivity index (χ0) is 24.1. The molecular formula is C22H20N4O7. The molecule has 0 aliphatic rings. The number of nitro groups is 1. The summed E-state index contributed by atoms with van der Waals surface area (Å²) in [6.07, 6.45) is 1.09. The summed E-state index contributed by atoms with van der Waals surface area (Å²) >= 11 is 0. The van der Waals surface area contributed by atoms with Gasteiger partial charge < -0.3 is 19.5 Å². The molecule has 0 bridgehead atoms. The van der Waals surface area contributed by atoms with Crippen LogP contribution in [0.1, 0.15) is 31.8 Å². The maximum absolute atomic E-state index is 12.0. The lowest BCUT2D eigenvalue weighted by Crippen LogP contribution is -2.09. The van der Waals surface area contributed by atoms with Crippen molar-refractivity contribution in [2.75, 3.05) is 19.5 Å². The molecule has 0 radical (unpaired) electrons. The number of aromatic nitrogens is 2. The molecule has 170 valence electrons. The number of carbonyl (C=O) groups excluding carboxylic acids is 2. The van der Waals surface area contributed by atoms with E-state index in [1.165, 1.54) is 32.4 Å². The highest BCUT2D eigenvalue weighted by molar-refractivity contribution is 5.97. The van der Waals surface area contributed by atoms with Crippen LogP contribution in [0.2, 0.25) is 0 Å². The van der Waals surface area contributed by atoms with Crippen molar-refractivity contribution in [3.05, 3.63) is 75.1 Å². The molecule has 0 atom stereocenters. The van der Waals surface area contributed by atoms with Crippen molar-refractivity contribution in [1.82, 2.24) is 9.97 Å². The first-order valence-corrected chi connectivity index (χ1v) is 9.56. The number of methoxy groups -OCH3 is 2. The molecule has 11 nitrogen and oxygen atoms in total. The van der Waals surface area contributed by atoms with Crippen LogP contribution in [0.5, 0.6) is 11.6 Å². The van der Waals surface area contributed by atoms with Crippen LogP contribution in [-0.4, -0.2) is 41.0 Å². The van der Waals surface area contributed by atoms with Gasteiger partial charge in [-0.3, -0.25) is 10.1 Å². The molecule has 2 aromatic carbocycles. The van der Waals surface area contributed by atoms with Crippen LogP contribution >= 0.6 is 0 Å². The molecule has 3 aromatic rings. The summed E-state index contributed by atoms with van der Waals surface area (Å²) in [5.74, 6) is -1.53. The molecule has 0 amide bonds. The van der Waals surface area contributed by atoms with Crippen molar-refractivity contribution >= 4 is 29.1 Å². The lowest BCUT2D eigenvalue weighted by atomic mass is 10.1. The molecule has 0 fully saturated rings. The fourth-order valence-corrected chi connectivity index (χ4v) is 2.89. The van der Waals surface area contributed by atoms with Crippen molar-refractivity contribution in [2.45, 2.75) is 13.8 Å². The molecule has 0 saturated carbocycles. The van der Waals surface area contributed by atoms with Crippen LogP contribution in [0, 0.1) is 24.0 Å². The molecule has 0 aliphatic heterocycles. The maximum Gasteiger partial charge on any atom is 0.373 e. The molecule has 0 aliphatic carbocycles. The lowest BCUT2D eigenvalue weighted by Gasteiger charge is -2.12. The van der Waals surface area contributed by atoms with Gasteiger partial charge in [-0.25, -0.2) is 14.6 Å². The third-order valence-corrected chi connectivity index (χ3v) is 4.70. The molecule has 3 rings (SSSR count). The lowest BCUT2D eigenvalue weighted by molar-refractivity contribution is -0.385. The van der Waals surface area contributed by atoms with Crippen molar-refractivity contribution in [1.29, 1.82) is 0 Å². The second-order valence-corrected chi connectivity index (χ2v) is 6.89. The number of ether oxygens (including phenoxy) is 3. The number of anilines is 2. The van der Waals surface area contributed by atoms with E-state index in [1.54, 1.807) is 12.1 Å². The number of rotatable bonds is 7. The summed E-state index contributed by atoms with van der Waals surface area (Å²) in [6, 6.07) is 9.22. The zero-order valence-electron chi connectivity index (χ0n) is 18.2. The summed E-state index contributed by atoms with van der Waals surface area (Å²) < 4.78 is 15.1. The Morgan fingerprint density at radius 1 is 0.939 bits per heavy atom. The van der Waals surface area contributed by atoms with E-state index in [0.29, 0.717) is 5.75 Å². The molecule has 1 N–H and O–H groups in total. The van der Waals surface area contributed by atoms with E-state index in [2.05, 4.69) is 15.3 Å². The van der Waals surface area contributed by atoms with Crippen molar-refractivity contribution in [3.63, 3.8) is 0 Å². The summed E-state index contributed by atoms with van der Waals surface area (Å²) in [4.78, 5) is 43.0. The van der Waals surface area contributed by atoms with Gasteiger partial charge in [-0.15, -0.1) is 0 Å². The third-order valence-electron chi connectivity index (χ3n) is 4.70. The van der Waals surface area contributed by atoms with E-state index in [4.69, 9.17) is 14.2 Å². The van der Waals surface area contributed by atoms with Gasteiger partial charge in [0.1, 0.15) is 12.1 Å². The number of carbonyl (C=O) groups is 2. The minimum Gasteiger partial charge on any atom is -0.465 e. The van der Waals surface area contributed by atoms with Crippen LogP contribution in [0.15, 0.2) is 42.7 Å². The maximum atomic E-state index is 12.0. The zero-order valence-corrected chi connectivity index (χ0v) is 18.2. The van der Waals surface area contributed by atoms with E-state index in [-0.39, 0.29) is 28.5 Å². The number of aryl methyl sites for hydroxylation is 2. The van der Waals surface area contributed by atoms with E-state index >= 15 is 0 Å². The van der Waals surface area contributed by atoms with Gasteiger partial charge >= 0.3 is 23.5 Å². The minimum absolute atomic E-state index is 0.0335. The average Bonchev–Trinajstić information content (AvgIpc) is 2.80. The highest BCUT2D eigenvalue weighted by atomic mass is 16.6. The number of hydrogen-bond donors (Lipinski definition) is 1. The predicted octanol–water partition coefficient (Wildman–Crippen LogP) is 4.11. The second kappa shape index (κ2) is 9.73. The first-order valence-electron chi connectivity index (χ1n) is 9.56. The Hall–Kier alpha value is -4.54. The monoisotopic (exact) mass is 452 g/mol. The molecule has 0 unspecified atom stereocenters. The van der Waals surface area contributed by atoms with Gasteiger partial charge in [-0.2, -0.15) is 4.98 Å². The normalized spacial score (nSPS) is 10.3. The largest absolute Gasteiger partial charge is 0.465 e. The summed E-state index contributed by atoms with van der Waals surface area (Å²) in [7, 11) is 2.37. The van der Waals surface area contributed by atoms with Crippen LogP contribution in [0.4, 0.5) is 17.2 Å². The van der Waals surface area contributed by atoms with Crippen molar-refractivity contribution < 1.29 is 28.7 Å². The summed E-state index contributed by atoms with van der Waals surface area (Å²) in [5.41, 5.74) is 1.68. The number of hydrogen-bond acceptors (Lipinski definition) is 10. The molecular weight excluding hydrogens is 432 g/mol. The van der Waals surface area contributed by atoms with Crippen LogP contribution in [0.3, 0.4) is 0 Å². The summed E-state index contributed by atoms with van der Waals surface area (Å²) in [6.45, 7) is 3.82. The van der Waals surface area contributed by atoms with Gasteiger partial charge in [-0.05, 0) is 55.3 Å². The smallest absolute Gasteiger partial charge is 0.373 e. The first-order chi connectivity index (χ1) is 15.7. The predicted molar refractivity (Wildman–Crippen MR) is 117 cm³/mol. The van der Waals surface area contributed by atoms with Gasteiger partial charge in [0.15, 0.2) is 0 Å². The molecule has 1 heterocycles. The topological polar surface area (TPSA) is 143 Å². The SMILES string of the molecule is COC(=O)c1cc(Nc2ncnc(Oc3ccc(C)c(C)c3)c2[N+](=O)[O-])cc(C(=O)OC)c1. The number of benzene rings is 2. The van der Waals surface area contributed by atoms with Gasteiger partial charge in [-0.1, -0.05) is 6.07 Å². The minimum atomic E-state index is -0.709. The summed E-state index contributed by atoms with van der Waals surface area (Å²) in [5, 5.41) is 14.6. The van der Waals surface area contributed by atoms with Crippen LogP contribution in [0.25, 0.3) is 0 Å². The Balaban J connectivity index is 2.04. The third kappa shape index (κ3) is 5.21. The quantitative estimate of drug-likeness (QED) is 0.316. The second-order valence-electron chi connectivity index (χ2n) is 6.89. The van der Waals surface area contributed by atoms with Crippen molar-refractivity contribution in [3.8, 4) is 11.6 Å². The Labute approximate surface area is 188 Å². The van der Waals surface area contributed by atoms with Gasteiger partial charge in [0, 0.05) is 5.69 Å². The van der Waals surface area contributed by atoms with E-state index in [0.717, 1.165) is 17.5 Å². The number of esters is 2. The van der Waals surface area contributed by atoms with E-state index in [1.807, 2.05) is 19.9 Å². The van der Waals surface area contributed by atoms with Crippen LogP contribution in [-0.2, 0) is 9.47 Å². The Bertz CT molecular complexity index is 1210. The highest BCUT2D eigenvalue weighted by Crippen LogP contribution is 2.36. The number of nitrogens with one attached hydrogen (secondary N) is 1. The molecule has 1 aromatic heterocycles. The molecule has 33 heavy (non-hydrogen) atoms. The molecule has 11 heteroatoms. The van der Waals surface area contributed by atoms with E-state index in [9.17, 15) is 19.7 Å². The Morgan fingerprint density at radius 2 is 1.58 bits per heavy atom. The van der Waals surface area contributed by atoms with E-state index < -0.39 is 22.5 Å².